The van der Waals surface area contributed by atoms with Crippen molar-refractivity contribution in [2.45, 2.75) is 38.9 Å². The molecule has 1 aliphatic rings. The van der Waals surface area contributed by atoms with Crippen LogP contribution in [0.25, 0.3) is 0 Å². The molecule has 3 rings (SSSR count). The SMILES string of the molecule is Cc1ccsc1CNCCN(Cc1ccco1)C1CC1. The molecule has 1 saturated carbocycles. The van der Waals surface area contributed by atoms with Crippen molar-refractivity contribution in [3.05, 3.63) is 46.0 Å². The molecule has 0 unspecified atom stereocenters. The number of aryl methyl sites for hydroxylation is 1. The highest BCUT2D eigenvalue weighted by molar-refractivity contribution is 7.10. The number of furan rings is 1. The lowest BCUT2D eigenvalue weighted by Crippen LogP contribution is -2.33. The monoisotopic (exact) mass is 290 g/mol. The minimum absolute atomic E-state index is 0.769. The Balaban J connectivity index is 1.42. The molecule has 2 aromatic heterocycles. The third kappa shape index (κ3) is 3.72. The van der Waals surface area contributed by atoms with E-state index in [1.165, 1.54) is 23.3 Å². The lowest BCUT2D eigenvalue weighted by Gasteiger charge is -2.20. The Kier molecular flexibility index (Phi) is 4.55. The van der Waals surface area contributed by atoms with Crippen LogP contribution in [0.1, 0.15) is 29.0 Å². The van der Waals surface area contributed by atoms with Gasteiger partial charge in [-0.25, -0.2) is 0 Å². The highest BCUT2D eigenvalue weighted by Gasteiger charge is 2.28. The Hall–Kier alpha value is -1.10. The molecule has 0 saturated heterocycles. The highest BCUT2D eigenvalue weighted by Crippen LogP contribution is 2.28. The van der Waals surface area contributed by atoms with Crippen LogP contribution in [0, 0.1) is 6.92 Å². The summed E-state index contributed by atoms with van der Waals surface area (Å²) >= 11 is 1.84. The fourth-order valence-electron chi connectivity index (χ4n) is 2.44. The molecule has 1 N–H and O–H groups in total. The predicted octanol–water partition coefficient (Wildman–Crippen LogP) is 3.40. The average molecular weight is 290 g/mol. The molecule has 0 aromatic carbocycles. The number of hydrogen-bond acceptors (Lipinski definition) is 4. The predicted molar refractivity (Wildman–Crippen MR) is 82.9 cm³/mol. The van der Waals surface area contributed by atoms with E-state index in [1.54, 1.807) is 6.26 Å². The molecule has 0 aliphatic heterocycles. The van der Waals surface area contributed by atoms with Gasteiger partial charge in [0.25, 0.3) is 0 Å². The van der Waals surface area contributed by atoms with Gasteiger partial charge in [-0.05, 0) is 48.9 Å². The molecule has 2 heterocycles. The molecule has 1 fully saturated rings. The molecular formula is C16H22N2OS. The maximum atomic E-state index is 5.46. The van der Waals surface area contributed by atoms with Crippen molar-refractivity contribution in [3.63, 3.8) is 0 Å². The van der Waals surface area contributed by atoms with Gasteiger partial charge in [0.2, 0.25) is 0 Å². The Labute approximate surface area is 124 Å². The molecule has 0 atom stereocenters. The van der Waals surface area contributed by atoms with Crippen LogP contribution < -0.4 is 5.32 Å². The van der Waals surface area contributed by atoms with Gasteiger partial charge in [-0.3, -0.25) is 4.90 Å². The summed E-state index contributed by atoms with van der Waals surface area (Å²) in [7, 11) is 0. The van der Waals surface area contributed by atoms with E-state index in [-0.39, 0.29) is 0 Å². The first-order valence-corrected chi connectivity index (χ1v) is 8.21. The number of nitrogens with zero attached hydrogens (tertiary/aromatic N) is 1. The molecule has 3 nitrogen and oxygen atoms in total. The largest absolute Gasteiger partial charge is 0.468 e. The zero-order valence-corrected chi connectivity index (χ0v) is 12.8. The van der Waals surface area contributed by atoms with Gasteiger partial charge in [0.05, 0.1) is 12.8 Å². The molecule has 0 radical (unpaired) electrons. The standard InChI is InChI=1S/C16H22N2OS/c1-13-6-10-20-16(13)11-17-7-8-18(14-4-5-14)12-15-3-2-9-19-15/h2-3,6,9-10,14,17H,4-5,7-8,11-12H2,1H3. The lowest BCUT2D eigenvalue weighted by molar-refractivity contribution is 0.234. The van der Waals surface area contributed by atoms with Gasteiger partial charge in [0, 0.05) is 30.6 Å². The van der Waals surface area contributed by atoms with Gasteiger partial charge in [0.15, 0.2) is 0 Å². The molecule has 4 heteroatoms. The van der Waals surface area contributed by atoms with E-state index < -0.39 is 0 Å². The minimum Gasteiger partial charge on any atom is -0.468 e. The van der Waals surface area contributed by atoms with Gasteiger partial charge >= 0.3 is 0 Å². The van der Waals surface area contributed by atoms with Crippen molar-refractivity contribution in [2.75, 3.05) is 13.1 Å². The molecule has 20 heavy (non-hydrogen) atoms. The van der Waals surface area contributed by atoms with Gasteiger partial charge in [-0.1, -0.05) is 0 Å². The maximum Gasteiger partial charge on any atom is 0.117 e. The van der Waals surface area contributed by atoms with Crippen LogP contribution in [0.5, 0.6) is 0 Å². The van der Waals surface area contributed by atoms with Crippen LogP contribution in [0.15, 0.2) is 34.3 Å². The van der Waals surface area contributed by atoms with Crippen molar-refractivity contribution in [1.29, 1.82) is 0 Å². The fourth-order valence-corrected chi connectivity index (χ4v) is 3.32. The third-order valence-corrected chi connectivity index (χ3v) is 4.85. The minimum atomic E-state index is 0.769. The van der Waals surface area contributed by atoms with Crippen molar-refractivity contribution < 1.29 is 4.42 Å². The number of rotatable bonds is 8. The second kappa shape index (κ2) is 6.57. The highest BCUT2D eigenvalue weighted by atomic mass is 32.1. The zero-order valence-electron chi connectivity index (χ0n) is 12.0. The van der Waals surface area contributed by atoms with E-state index in [9.17, 15) is 0 Å². The zero-order chi connectivity index (χ0) is 13.8. The normalized spacial score (nSPS) is 15.1. The van der Waals surface area contributed by atoms with Gasteiger partial charge in [0.1, 0.15) is 5.76 Å². The van der Waals surface area contributed by atoms with Crippen LogP contribution in [0.4, 0.5) is 0 Å². The number of hydrogen-bond donors (Lipinski definition) is 1. The summed E-state index contributed by atoms with van der Waals surface area (Å²) in [6.45, 7) is 6.24. The van der Waals surface area contributed by atoms with E-state index in [0.29, 0.717) is 0 Å². The first-order chi connectivity index (χ1) is 9.83. The first-order valence-electron chi connectivity index (χ1n) is 7.33. The van der Waals surface area contributed by atoms with Crippen LogP contribution in [-0.4, -0.2) is 24.0 Å². The summed E-state index contributed by atoms with van der Waals surface area (Å²) in [5.74, 6) is 1.08. The van der Waals surface area contributed by atoms with Crippen LogP contribution in [0.3, 0.4) is 0 Å². The molecule has 0 amide bonds. The number of nitrogens with one attached hydrogen (secondary N) is 1. The van der Waals surface area contributed by atoms with Gasteiger partial charge < -0.3 is 9.73 Å². The fraction of sp³-hybridized carbons (Fsp3) is 0.500. The molecule has 0 bridgehead atoms. The average Bonchev–Trinajstić information content (AvgIpc) is 3.02. The molecule has 108 valence electrons. The lowest BCUT2D eigenvalue weighted by atomic mass is 10.3. The van der Waals surface area contributed by atoms with E-state index in [0.717, 1.165) is 38.0 Å². The van der Waals surface area contributed by atoms with Crippen molar-refractivity contribution in [3.8, 4) is 0 Å². The molecule has 0 spiro atoms. The topological polar surface area (TPSA) is 28.4 Å². The first kappa shape index (κ1) is 13.9. The Morgan fingerprint density at radius 1 is 1.40 bits per heavy atom. The third-order valence-electron chi connectivity index (χ3n) is 3.83. The van der Waals surface area contributed by atoms with E-state index in [4.69, 9.17) is 4.42 Å². The summed E-state index contributed by atoms with van der Waals surface area (Å²) in [6.07, 6.45) is 4.44. The Morgan fingerprint density at radius 2 is 2.30 bits per heavy atom. The van der Waals surface area contributed by atoms with Crippen molar-refractivity contribution in [2.24, 2.45) is 0 Å². The second-order valence-corrected chi connectivity index (χ2v) is 6.49. The molecular weight excluding hydrogens is 268 g/mol. The second-order valence-electron chi connectivity index (χ2n) is 5.48. The van der Waals surface area contributed by atoms with Crippen molar-refractivity contribution in [1.82, 2.24) is 10.2 Å². The Morgan fingerprint density at radius 3 is 2.95 bits per heavy atom. The van der Waals surface area contributed by atoms with E-state index in [1.807, 2.05) is 17.4 Å². The van der Waals surface area contributed by atoms with Crippen LogP contribution in [0.2, 0.25) is 0 Å². The number of thiophene rings is 1. The molecule has 2 aromatic rings. The molecule has 1 aliphatic carbocycles. The summed E-state index contributed by atoms with van der Waals surface area (Å²) in [6, 6.07) is 7.00. The van der Waals surface area contributed by atoms with Gasteiger partial charge in [-0.15, -0.1) is 11.3 Å². The van der Waals surface area contributed by atoms with Crippen LogP contribution in [-0.2, 0) is 13.1 Å². The van der Waals surface area contributed by atoms with E-state index >= 15 is 0 Å². The van der Waals surface area contributed by atoms with E-state index in [2.05, 4.69) is 34.7 Å². The quantitative estimate of drug-likeness (QED) is 0.755. The smallest absolute Gasteiger partial charge is 0.117 e. The van der Waals surface area contributed by atoms with Gasteiger partial charge in [-0.2, -0.15) is 0 Å². The summed E-state index contributed by atoms with van der Waals surface area (Å²) in [5.41, 5.74) is 1.40. The summed E-state index contributed by atoms with van der Waals surface area (Å²) in [5, 5.41) is 5.73. The van der Waals surface area contributed by atoms with Crippen LogP contribution >= 0.6 is 11.3 Å². The Bertz CT molecular complexity index is 516. The summed E-state index contributed by atoms with van der Waals surface area (Å²) in [4.78, 5) is 3.99. The summed E-state index contributed by atoms with van der Waals surface area (Å²) < 4.78 is 5.46. The maximum absolute atomic E-state index is 5.46. The van der Waals surface area contributed by atoms with Crippen molar-refractivity contribution >= 4 is 11.3 Å².